The molecule has 0 fully saturated rings. The number of thiocarbonyl (C=S) groups is 1. The molecule has 0 aliphatic rings. The van der Waals surface area contributed by atoms with Gasteiger partial charge in [0.2, 0.25) is 0 Å². The molecule has 0 bridgehead atoms. The number of alkyl halides is 3. The number of hydrogen-bond donors (Lipinski definition) is 2. The molecule has 2 N–H and O–H groups in total. The van der Waals surface area contributed by atoms with E-state index >= 15 is 0 Å². The molecule has 0 radical (unpaired) electrons. The summed E-state index contributed by atoms with van der Waals surface area (Å²) in [6, 6.07) is 9.86. The van der Waals surface area contributed by atoms with Gasteiger partial charge in [-0.05, 0) is 61.1 Å². The summed E-state index contributed by atoms with van der Waals surface area (Å²) in [4.78, 5) is 12.2. The lowest BCUT2D eigenvalue weighted by Gasteiger charge is -2.13. The van der Waals surface area contributed by atoms with Gasteiger partial charge < -0.3 is 10.1 Å². The van der Waals surface area contributed by atoms with E-state index in [0.717, 1.165) is 25.3 Å². The number of amides is 1. The monoisotopic (exact) mass is 444 g/mol. The number of anilines is 1. The number of carbonyl (C=O) groups excluding carboxylic acids is 1. The van der Waals surface area contributed by atoms with Gasteiger partial charge in [0.15, 0.2) is 5.11 Å². The molecule has 0 aromatic heterocycles. The minimum Gasteiger partial charge on any atom is -0.494 e. The number of rotatable bonds is 7. The number of benzene rings is 2. The summed E-state index contributed by atoms with van der Waals surface area (Å²) in [6.07, 6.45) is -1.46. The van der Waals surface area contributed by atoms with Crippen molar-refractivity contribution in [3.63, 3.8) is 0 Å². The van der Waals surface area contributed by atoms with Crippen LogP contribution in [0.25, 0.3) is 0 Å². The molecule has 2 aromatic rings. The van der Waals surface area contributed by atoms with Gasteiger partial charge in [-0.15, -0.1) is 0 Å². The molecule has 0 spiro atoms. The molecule has 156 valence electrons. The molecule has 0 atom stereocenters. The predicted octanol–water partition coefficient (Wildman–Crippen LogP) is 6.05. The summed E-state index contributed by atoms with van der Waals surface area (Å²) in [7, 11) is 0. The SMILES string of the molecule is CCCCCOc1ccc(NC(=S)NC(=O)c2ccc(Cl)c(C(F)(F)F)c2)cc1. The Morgan fingerprint density at radius 1 is 1.14 bits per heavy atom. The van der Waals surface area contributed by atoms with E-state index in [-0.39, 0.29) is 10.7 Å². The van der Waals surface area contributed by atoms with Crippen LogP contribution in [-0.2, 0) is 6.18 Å². The maximum atomic E-state index is 12.9. The topological polar surface area (TPSA) is 50.4 Å². The minimum absolute atomic E-state index is 0.0462. The number of carbonyl (C=O) groups is 1. The van der Waals surface area contributed by atoms with Crippen molar-refractivity contribution >= 4 is 40.5 Å². The first-order chi connectivity index (χ1) is 13.7. The molecular formula is C20H20ClF3N2O2S. The Kier molecular flexibility index (Phi) is 8.28. The second kappa shape index (κ2) is 10.5. The Morgan fingerprint density at radius 2 is 1.83 bits per heavy atom. The van der Waals surface area contributed by atoms with Crippen molar-refractivity contribution in [1.29, 1.82) is 0 Å². The van der Waals surface area contributed by atoms with Crippen molar-refractivity contribution < 1.29 is 22.7 Å². The van der Waals surface area contributed by atoms with Crippen molar-refractivity contribution in [1.82, 2.24) is 5.32 Å². The van der Waals surface area contributed by atoms with Gasteiger partial charge in [-0.2, -0.15) is 13.2 Å². The molecule has 0 saturated carbocycles. The standard InChI is InChI=1S/C20H20ClF3N2O2S/c1-2-3-4-11-28-15-8-6-14(7-9-15)25-19(29)26-18(27)13-5-10-17(21)16(12-13)20(22,23)24/h5-10,12H,2-4,11H2,1H3,(H2,25,26,27,29). The highest BCUT2D eigenvalue weighted by Crippen LogP contribution is 2.35. The van der Waals surface area contributed by atoms with Crippen LogP contribution in [0.4, 0.5) is 18.9 Å². The van der Waals surface area contributed by atoms with Gasteiger partial charge in [0.1, 0.15) is 5.75 Å². The summed E-state index contributed by atoms with van der Waals surface area (Å²) in [5, 5.41) is 4.62. The van der Waals surface area contributed by atoms with Crippen molar-refractivity contribution in [3.05, 3.63) is 58.6 Å². The molecule has 29 heavy (non-hydrogen) atoms. The number of hydrogen-bond acceptors (Lipinski definition) is 3. The highest BCUT2D eigenvalue weighted by Gasteiger charge is 2.33. The second-order valence-electron chi connectivity index (χ2n) is 6.18. The first-order valence-corrected chi connectivity index (χ1v) is 9.71. The fraction of sp³-hybridized carbons (Fsp3) is 0.300. The molecule has 0 heterocycles. The summed E-state index contributed by atoms with van der Waals surface area (Å²) in [5.74, 6) is -0.0667. The van der Waals surface area contributed by atoms with Gasteiger partial charge in [0.25, 0.3) is 5.91 Å². The van der Waals surface area contributed by atoms with Crippen LogP contribution in [0, 0.1) is 0 Å². The van der Waals surface area contributed by atoms with Crippen LogP contribution < -0.4 is 15.4 Å². The number of ether oxygens (including phenoxy) is 1. The largest absolute Gasteiger partial charge is 0.494 e. The van der Waals surface area contributed by atoms with E-state index in [4.69, 9.17) is 28.6 Å². The third kappa shape index (κ3) is 7.21. The Hall–Kier alpha value is -2.32. The number of nitrogens with one attached hydrogen (secondary N) is 2. The van der Waals surface area contributed by atoms with Gasteiger partial charge in [-0.1, -0.05) is 31.4 Å². The van der Waals surface area contributed by atoms with Gasteiger partial charge >= 0.3 is 6.18 Å². The highest BCUT2D eigenvalue weighted by molar-refractivity contribution is 7.80. The van der Waals surface area contributed by atoms with Crippen LogP contribution in [0.15, 0.2) is 42.5 Å². The second-order valence-corrected chi connectivity index (χ2v) is 7.00. The van der Waals surface area contributed by atoms with Gasteiger partial charge in [-0.3, -0.25) is 10.1 Å². The zero-order valence-corrected chi connectivity index (χ0v) is 17.2. The summed E-state index contributed by atoms with van der Waals surface area (Å²) < 4.78 is 44.4. The first-order valence-electron chi connectivity index (χ1n) is 8.92. The van der Waals surface area contributed by atoms with Gasteiger partial charge in [-0.25, -0.2) is 0 Å². The first kappa shape index (κ1) is 23.0. The van der Waals surface area contributed by atoms with Crippen LogP contribution in [0.1, 0.15) is 42.1 Å². The Morgan fingerprint density at radius 3 is 2.45 bits per heavy atom. The molecule has 4 nitrogen and oxygen atoms in total. The van der Waals surface area contributed by atoms with Crippen molar-refractivity contribution in [3.8, 4) is 5.75 Å². The minimum atomic E-state index is -4.66. The number of halogens is 4. The molecule has 2 rings (SSSR count). The van der Waals surface area contributed by atoms with E-state index in [9.17, 15) is 18.0 Å². The zero-order valence-electron chi connectivity index (χ0n) is 15.6. The predicted molar refractivity (Wildman–Crippen MR) is 112 cm³/mol. The Bertz CT molecular complexity index is 858. The zero-order chi connectivity index (χ0) is 21.4. The number of unbranched alkanes of at least 4 members (excludes halogenated alkanes) is 2. The Balaban J connectivity index is 1.93. The van der Waals surface area contributed by atoms with Crippen molar-refractivity contribution in [2.45, 2.75) is 32.4 Å². The lowest BCUT2D eigenvalue weighted by Crippen LogP contribution is -2.34. The molecule has 0 aliphatic carbocycles. The third-order valence-electron chi connectivity index (χ3n) is 3.89. The normalized spacial score (nSPS) is 11.1. The molecule has 0 aliphatic heterocycles. The molecule has 1 amide bonds. The molecular weight excluding hydrogens is 425 g/mol. The van der Waals surface area contributed by atoms with E-state index in [1.165, 1.54) is 6.07 Å². The fourth-order valence-electron chi connectivity index (χ4n) is 2.40. The van der Waals surface area contributed by atoms with E-state index in [0.29, 0.717) is 24.1 Å². The van der Waals surface area contributed by atoms with Crippen LogP contribution >= 0.6 is 23.8 Å². The van der Waals surface area contributed by atoms with E-state index < -0.39 is 22.7 Å². The lowest BCUT2D eigenvalue weighted by molar-refractivity contribution is -0.137. The van der Waals surface area contributed by atoms with Crippen LogP contribution in [-0.4, -0.2) is 17.6 Å². The summed E-state index contributed by atoms with van der Waals surface area (Å²) >= 11 is 10.6. The molecule has 0 saturated heterocycles. The fourth-order valence-corrected chi connectivity index (χ4v) is 2.83. The highest BCUT2D eigenvalue weighted by atomic mass is 35.5. The molecule has 2 aromatic carbocycles. The van der Waals surface area contributed by atoms with Crippen molar-refractivity contribution in [2.75, 3.05) is 11.9 Å². The van der Waals surface area contributed by atoms with Crippen LogP contribution in [0.3, 0.4) is 0 Å². The van der Waals surface area contributed by atoms with Crippen LogP contribution in [0.2, 0.25) is 5.02 Å². The molecule has 0 unspecified atom stereocenters. The average Bonchev–Trinajstić information content (AvgIpc) is 2.65. The summed E-state index contributed by atoms with van der Waals surface area (Å²) in [6.45, 7) is 2.75. The van der Waals surface area contributed by atoms with E-state index in [1.807, 2.05) is 0 Å². The summed E-state index contributed by atoms with van der Waals surface area (Å²) in [5.41, 5.74) is -0.690. The molecule has 9 heteroatoms. The maximum Gasteiger partial charge on any atom is 0.417 e. The quantitative estimate of drug-likeness (QED) is 0.403. The smallest absolute Gasteiger partial charge is 0.417 e. The van der Waals surface area contributed by atoms with Gasteiger partial charge in [0, 0.05) is 11.3 Å². The lowest BCUT2D eigenvalue weighted by atomic mass is 10.1. The maximum absolute atomic E-state index is 12.9. The van der Waals surface area contributed by atoms with E-state index in [1.54, 1.807) is 24.3 Å². The van der Waals surface area contributed by atoms with Gasteiger partial charge in [0.05, 0.1) is 17.2 Å². The van der Waals surface area contributed by atoms with Crippen molar-refractivity contribution in [2.24, 2.45) is 0 Å². The Labute approximate surface area is 177 Å². The van der Waals surface area contributed by atoms with Crippen LogP contribution in [0.5, 0.6) is 5.75 Å². The van der Waals surface area contributed by atoms with E-state index in [2.05, 4.69) is 17.6 Å². The third-order valence-corrected chi connectivity index (χ3v) is 4.42. The average molecular weight is 445 g/mol.